The van der Waals surface area contributed by atoms with Crippen molar-refractivity contribution in [3.05, 3.63) is 17.5 Å². The maximum Gasteiger partial charge on any atom is 0.317 e. The van der Waals surface area contributed by atoms with Crippen LogP contribution >= 0.6 is 0 Å². The van der Waals surface area contributed by atoms with Gasteiger partial charge in [0.1, 0.15) is 11.5 Å². The molecule has 1 fully saturated rings. The molecule has 0 saturated carbocycles. The van der Waals surface area contributed by atoms with Gasteiger partial charge >= 0.3 is 6.03 Å². The van der Waals surface area contributed by atoms with Crippen molar-refractivity contribution >= 4 is 6.03 Å². The number of urea groups is 1. The van der Waals surface area contributed by atoms with E-state index < -0.39 is 0 Å². The largest absolute Gasteiger partial charge is 0.361 e. The zero-order valence-corrected chi connectivity index (χ0v) is 12.8. The Labute approximate surface area is 120 Å². The first kappa shape index (κ1) is 14.9. The third-order valence-electron chi connectivity index (χ3n) is 3.63. The van der Waals surface area contributed by atoms with Crippen LogP contribution < -0.4 is 5.32 Å². The molecule has 1 aliphatic rings. The summed E-state index contributed by atoms with van der Waals surface area (Å²) in [7, 11) is 0. The number of nitrogens with one attached hydrogen (secondary N) is 1. The summed E-state index contributed by atoms with van der Waals surface area (Å²) in [4.78, 5) is 14.1. The van der Waals surface area contributed by atoms with Gasteiger partial charge in [0, 0.05) is 25.1 Å². The summed E-state index contributed by atoms with van der Waals surface area (Å²) in [6, 6.07) is 2.05. The number of aromatic nitrogens is 1. The first-order valence-electron chi connectivity index (χ1n) is 7.50. The minimum atomic E-state index is 0.00953. The SMILES string of the molecule is CC(C)CNC(=O)N1CCC[C@H]1c1cc(C(C)C)on1. The van der Waals surface area contributed by atoms with Crippen molar-refractivity contribution in [2.45, 2.75) is 52.5 Å². The molecule has 1 aliphatic heterocycles. The molecule has 1 saturated heterocycles. The summed E-state index contributed by atoms with van der Waals surface area (Å²) >= 11 is 0. The van der Waals surface area contributed by atoms with Crippen molar-refractivity contribution in [3.8, 4) is 0 Å². The molecule has 1 N–H and O–H groups in total. The Kier molecular flexibility index (Phi) is 4.68. The van der Waals surface area contributed by atoms with Gasteiger partial charge in [-0.3, -0.25) is 0 Å². The average Bonchev–Trinajstić information content (AvgIpc) is 3.03. The molecule has 1 atom stereocenters. The van der Waals surface area contributed by atoms with Crippen LogP contribution in [0, 0.1) is 5.92 Å². The molecule has 1 aromatic rings. The third kappa shape index (κ3) is 3.32. The van der Waals surface area contributed by atoms with E-state index in [9.17, 15) is 4.79 Å². The first-order chi connectivity index (χ1) is 9.49. The van der Waals surface area contributed by atoms with Crippen LogP contribution in [0.25, 0.3) is 0 Å². The second kappa shape index (κ2) is 6.29. The molecule has 0 unspecified atom stereocenters. The molecule has 0 aromatic carbocycles. The van der Waals surface area contributed by atoms with Crippen LogP contribution in [0.4, 0.5) is 4.79 Å². The lowest BCUT2D eigenvalue weighted by atomic mass is 10.1. The van der Waals surface area contributed by atoms with Crippen molar-refractivity contribution in [2.75, 3.05) is 13.1 Å². The molecule has 1 aromatic heterocycles. The minimum absolute atomic E-state index is 0.00953. The highest BCUT2D eigenvalue weighted by Crippen LogP contribution is 2.32. The minimum Gasteiger partial charge on any atom is -0.361 e. The summed E-state index contributed by atoms with van der Waals surface area (Å²) in [6.45, 7) is 9.83. The second-order valence-corrected chi connectivity index (χ2v) is 6.24. The Bertz CT molecular complexity index is 454. The number of hydrogen-bond acceptors (Lipinski definition) is 3. The Morgan fingerprint density at radius 1 is 1.50 bits per heavy atom. The predicted octanol–water partition coefficient (Wildman–Crippen LogP) is 3.30. The number of nitrogens with zero attached hydrogens (tertiary/aromatic N) is 2. The van der Waals surface area contributed by atoms with E-state index in [2.05, 4.69) is 38.2 Å². The number of carbonyl (C=O) groups excluding carboxylic acids is 1. The zero-order chi connectivity index (χ0) is 14.7. The first-order valence-corrected chi connectivity index (χ1v) is 7.50. The molecule has 0 bridgehead atoms. The highest BCUT2D eigenvalue weighted by atomic mass is 16.5. The van der Waals surface area contributed by atoms with Crippen LogP contribution in [0.1, 0.15) is 64.0 Å². The molecular weight excluding hydrogens is 254 g/mol. The Morgan fingerprint density at radius 3 is 2.85 bits per heavy atom. The van der Waals surface area contributed by atoms with Crippen LogP contribution in [-0.2, 0) is 0 Å². The van der Waals surface area contributed by atoms with Gasteiger partial charge in [-0.1, -0.05) is 32.9 Å². The predicted molar refractivity (Wildman–Crippen MR) is 77.5 cm³/mol. The Morgan fingerprint density at radius 2 is 2.25 bits per heavy atom. The quantitative estimate of drug-likeness (QED) is 0.920. The van der Waals surface area contributed by atoms with Gasteiger partial charge in [0.25, 0.3) is 0 Å². The van der Waals surface area contributed by atoms with Crippen molar-refractivity contribution in [1.29, 1.82) is 0 Å². The highest BCUT2D eigenvalue weighted by molar-refractivity contribution is 5.75. The molecule has 0 aliphatic carbocycles. The number of carbonyl (C=O) groups is 1. The van der Waals surface area contributed by atoms with E-state index in [1.54, 1.807) is 0 Å². The normalized spacial score (nSPS) is 19.1. The molecular formula is C15H25N3O2. The van der Waals surface area contributed by atoms with Gasteiger partial charge in [-0.15, -0.1) is 0 Å². The Hall–Kier alpha value is -1.52. The molecule has 5 heteroatoms. The van der Waals surface area contributed by atoms with E-state index in [1.807, 2.05) is 11.0 Å². The van der Waals surface area contributed by atoms with Gasteiger partial charge < -0.3 is 14.7 Å². The fourth-order valence-electron chi connectivity index (χ4n) is 2.44. The van der Waals surface area contributed by atoms with E-state index in [-0.39, 0.29) is 12.1 Å². The van der Waals surface area contributed by atoms with E-state index in [0.717, 1.165) is 30.8 Å². The topological polar surface area (TPSA) is 58.4 Å². The van der Waals surface area contributed by atoms with Crippen molar-refractivity contribution in [1.82, 2.24) is 15.4 Å². The van der Waals surface area contributed by atoms with E-state index in [4.69, 9.17) is 4.52 Å². The number of amides is 2. The summed E-state index contributed by atoms with van der Waals surface area (Å²) in [5.41, 5.74) is 0.880. The molecule has 2 heterocycles. The lowest BCUT2D eigenvalue weighted by Crippen LogP contribution is -2.40. The van der Waals surface area contributed by atoms with Gasteiger partial charge in [0.05, 0.1) is 6.04 Å². The molecule has 2 amide bonds. The maximum atomic E-state index is 12.2. The standard InChI is InChI=1S/C15H25N3O2/c1-10(2)9-16-15(19)18-7-5-6-13(18)12-8-14(11(3)4)20-17-12/h8,10-11,13H,5-7,9H2,1-4H3,(H,16,19)/t13-/m0/s1. The van der Waals surface area contributed by atoms with Gasteiger partial charge in [0.2, 0.25) is 0 Å². The van der Waals surface area contributed by atoms with E-state index >= 15 is 0 Å². The Balaban J connectivity index is 2.04. The molecule has 0 spiro atoms. The maximum absolute atomic E-state index is 12.2. The fraction of sp³-hybridized carbons (Fsp3) is 0.733. The van der Waals surface area contributed by atoms with Gasteiger partial charge in [-0.05, 0) is 18.8 Å². The summed E-state index contributed by atoms with van der Waals surface area (Å²) in [6.07, 6.45) is 1.98. The average molecular weight is 279 g/mol. The van der Waals surface area contributed by atoms with Gasteiger partial charge in [-0.25, -0.2) is 4.79 Å². The van der Waals surface area contributed by atoms with Crippen LogP contribution in [0.2, 0.25) is 0 Å². The molecule has 20 heavy (non-hydrogen) atoms. The fourth-order valence-corrected chi connectivity index (χ4v) is 2.44. The number of rotatable bonds is 4. The second-order valence-electron chi connectivity index (χ2n) is 6.24. The molecule has 0 radical (unpaired) electrons. The van der Waals surface area contributed by atoms with Crippen LogP contribution in [0.3, 0.4) is 0 Å². The zero-order valence-electron chi connectivity index (χ0n) is 12.8. The van der Waals surface area contributed by atoms with E-state index in [1.165, 1.54) is 0 Å². The van der Waals surface area contributed by atoms with Gasteiger partial charge in [0.15, 0.2) is 0 Å². The number of likely N-dealkylation sites (tertiary alicyclic amines) is 1. The third-order valence-corrected chi connectivity index (χ3v) is 3.63. The van der Waals surface area contributed by atoms with Crippen LogP contribution in [0.15, 0.2) is 10.6 Å². The summed E-state index contributed by atoms with van der Waals surface area (Å²) in [5.74, 6) is 1.66. The monoisotopic (exact) mass is 279 g/mol. The summed E-state index contributed by atoms with van der Waals surface area (Å²) in [5, 5.41) is 7.13. The van der Waals surface area contributed by atoms with Crippen molar-refractivity contribution in [2.24, 2.45) is 5.92 Å². The van der Waals surface area contributed by atoms with Crippen molar-refractivity contribution < 1.29 is 9.32 Å². The van der Waals surface area contributed by atoms with Crippen molar-refractivity contribution in [3.63, 3.8) is 0 Å². The molecule has 112 valence electrons. The smallest absolute Gasteiger partial charge is 0.317 e. The van der Waals surface area contributed by atoms with Crippen LogP contribution in [-0.4, -0.2) is 29.2 Å². The highest BCUT2D eigenvalue weighted by Gasteiger charge is 2.32. The van der Waals surface area contributed by atoms with Crippen LogP contribution in [0.5, 0.6) is 0 Å². The lowest BCUT2D eigenvalue weighted by Gasteiger charge is -2.23. The molecule has 2 rings (SSSR count). The lowest BCUT2D eigenvalue weighted by molar-refractivity contribution is 0.189. The summed E-state index contributed by atoms with van der Waals surface area (Å²) < 4.78 is 5.36. The molecule has 5 nitrogen and oxygen atoms in total. The van der Waals surface area contributed by atoms with E-state index in [0.29, 0.717) is 18.4 Å². The van der Waals surface area contributed by atoms with Gasteiger partial charge in [-0.2, -0.15) is 0 Å². The number of hydrogen-bond donors (Lipinski definition) is 1.